The van der Waals surface area contributed by atoms with Gasteiger partial charge in [0.15, 0.2) is 5.11 Å². The highest BCUT2D eigenvalue weighted by atomic mass is 35.5. The summed E-state index contributed by atoms with van der Waals surface area (Å²) in [6, 6.07) is 7.51. The zero-order valence-corrected chi connectivity index (χ0v) is 14.7. The maximum atomic E-state index is 6.00. The first-order valence-electron chi connectivity index (χ1n) is 7.36. The molecule has 23 heavy (non-hydrogen) atoms. The number of hydrogen-bond acceptors (Lipinski definition) is 4. The highest BCUT2D eigenvalue weighted by Gasteiger charge is 2.21. The van der Waals surface area contributed by atoms with Crippen LogP contribution in [0.5, 0.6) is 0 Å². The summed E-state index contributed by atoms with van der Waals surface area (Å²) in [6.07, 6.45) is 2.73. The minimum absolute atomic E-state index is 0.592. The van der Waals surface area contributed by atoms with E-state index < -0.39 is 0 Å². The van der Waals surface area contributed by atoms with Gasteiger partial charge in [-0.1, -0.05) is 17.7 Å². The lowest BCUT2D eigenvalue weighted by molar-refractivity contribution is 0.352. The molecule has 2 heterocycles. The van der Waals surface area contributed by atoms with E-state index >= 15 is 0 Å². The van der Waals surface area contributed by atoms with Crippen LogP contribution in [0.3, 0.4) is 0 Å². The van der Waals surface area contributed by atoms with Crippen molar-refractivity contribution in [3.05, 3.63) is 46.7 Å². The van der Waals surface area contributed by atoms with Gasteiger partial charge in [-0.25, -0.2) is 9.97 Å². The first-order valence-corrected chi connectivity index (χ1v) is 8.15. The monoisotopic (exact) mass is 347 g/mol. The standard InChI is InChI=1S/C16H18ClN5S/c1-21(2)16(23)22-7-6-14-11(10-22)9-18-15(20-14)19-13-5-3-4-12(17)8-13/h3-5,8-9H,6-7,10H2,1-2H3,(H,18,19,20). The van der Waals surface area contributed by atoms with Crippen molar-refractivity contribution in [1.82, 2.24) is 19.8 Å². The zero-order valence-electron chi connectivity index (χ0n) is 13.1. The molecule has 0 bridgehead atoms. The van der Waals surface area contributed by atoms with E-state index in [4.69, 9.17) is 23.8 Å². The van der Waals surface area contributed by atoms with Gasteiger partial charge in [-0.3, -0.25) is 0 Å². The number of rotatable bonds is 2. The molecule has 1 N–H and O–H groups in total. The number of nitrogens with zero attached hydrogens (tertiary/aromatic N) is 4. The average Bonchev–Trinajstić information content (AvgIpc) is 2.53. The van der Waals surface area contributed by atoms with Crippen LogP contribution in [-0.4, -0.2) is 45.5 Å². The Morgan fingerprint density at radius 2 is 2.22 bits per heavy atom. The third-order valence-corrected chi connectivity index (χ3v) is 4.53. The number of thiocarbonyl (C=S) groups is 1. The van der Waals surface area contributed by atoms with Crippen LogP contribution in [0.1, 0.15) is 11.3 Å². The fraction of sp³-hybridized carbons (Fsp3) is 0.312. The predicted octanol–water partition coefficient (Wildman–Crippen LogP) is 3.08. The first kappa shape index (κ1) is 16.0. The summed E-state index contributed by atoms with van der Waals surface area (Å²) in [5, 5.41) is 4.72. The quantitative estimate of drug-likeness (QED) is 0.842. The van der Waals surface area contributed by atoms with Crippen LogP contribution in [0.2, 0.25) is 5.02 Å². The molecule has 0 spiro atoms. The Hall–Kier alpha value is -1.92. The molecule has 0 amide bonds. The largest absolute Gasteiger partial charge is 0.355 e. The van der Waals surface area contributed by atoms with Crippen molar-refractivity contribution in [3.63, 3.8) is 0 Å². The van der Waals surface area contributed by atoms with E-state index in [-0.39, 0.29) is 0 Å². The normalized spacial score (nSPS) is 13.4. The third-order valence-electron chi connectivity index (χ3n) is 3.67. The van der Waals surface area contributed by atoms with Crippen molar-refractivity contribution in [2.75, 3.05) is 26.0 Å². The molecular formula is C16H18ClN5S. The molecule has 2 aromatic rings. The molecule has 0 fully saturated rings. The van der Waals surface area contributed by atoms with Gasteiger partial charge in [0, 0.05) is 56.1 Å². The maximum Gasteiger partial charge on any atom is 0.227 e. The molecule has 0 saturated carbocycles. The summed E-state index contributed by atoms with van der Waals surface area (Å²) in [6.45, 7) is 1.63. The van der Waals surface area contributed by atoms with Crippen LogP contribution in [0.15, 0.2) is 30.5 Å². The number of aromatic nitrogens is 2. The molecule has 3 rings (SSSR count). The van der Waals surface area contributed by atoms with Gasteiger partial charge in [0.1, 0.15) is 0 Å². The second-order valence-electron chi connectivity index (χ2n) is 5.65. The van der Waals surface area contributed by atoms with E-state index in [0.29, 0.717) is 11.0 Å². The van der Waals surface area contributed by atoms with E-state index in [1.807, 2.05) is 49.5 Å². The Kier molecular flexibility index (Phi) is 4.63. The van der Waals surface area contributed by atoms with Gasteiger partial charge < -0.3 is 15.1 Å². The molecular weight excluding hydrogens is 330 g/mol. The number of nitrogens with one attached hydrogen (secondary N) is 1. The molecule has 1 aliphatic rings. The van der Waals surface area contributed by atoms with E-state index in [1.54, 1.807) is 0 Å². The fourth-order valence-corrected chi connectivity index (χ4v) is 2.86. The lowest BCUT2D eigenvalue weighted by Crippen LogP contribution is -2.42. The van der Waals surface area contributed by atoms with Crippen LogP contribution in [0.4, 0.5) is 11.6 Å². The van der Waals surface area contributed by atoms with E-state index in [0.717, 1.165) is 41.6 Å². The molecule has 0 aliphatic carbocycles. The highest BCUT2D eigenvalue weighted by molar-refractivity contribution is 7.80. The lowest BCUT2D eigenvalue weighted by Gasteiger charge is -2.32. The smallest absolute Gasteiger partial charge is 0.227 e. The van der Waals surface area contributed by atoms with Gasteiger partial charge >= 0.3 is 0 Å². The summed E-state index contributed by atoms with van der Waals surface area (Å²) in [5.74, 6) is 0.592. The Balaban J connectivity index is 1.75. The van der Waals surface area contributed by atoms with Gasteiger partial charge in [-0.05, 0) is 30.4 Å². The first-order chi connectivity index (χ1) is 11.0. The molecule has 0 atom stereocenters. The van der Waals surface area contributed by atoms with Crippen molar-refractivity contribution in [2.45, 2.75) is 13.0 Å². The van der Waals surface area contributed by atoms with E-state index in [1.165, 1.54) is 0 Å². The van der Waals surface area contributed by atoms with Gasteiger partial charge in [-0.15, -0.1) is 0 Å². The molecule has 7 heteroatoms. The predicted molar refractivity (Wildman–Crippen MR) is 97.2 cm³/mol. The van der Waals surface area contributed by atoms with Gasteiger partial charge in [0.25, 0.3) is 0 Å². The van der Waals surface area contributed by atoms with Crippen LogP contribution < -0.4 is 5.32 Å². The summed E-state index contributed by atoms with van der Waals surface area (Å²) in [5.41, 5.74) is 3.07. The average molecular weight is 348 g/mol. The van der Waals surface area contributed by atoms with Crippen LogP contribution in [0.25, 0.3) is 0 Å². The Morgan fingerprint density at radius 3 is 2.96 bits per heavy atom. The molecule has 0 radical (unpaired) electrons. The van der Waals surface area contributed by atoms with Gasteiger partial charge in [0.05, 0.1) is 5.69 Å². The van der Waals surface area contributed by atoms with Gasteiger partial charge in [0.2, 0.25) is 5.95 Å². The minimum atomic E-state index is 0.592. The molecule has 1 aromatic heterocycles. The number of halogens is 1. The summed E-state index contributed by atoms with van der Waals surface area (Å²) in [4.78, 5) is 13.2. The second-order valence-corrected chi connectivity index (χ2v) is 6.45. The zero-order chi connectivity index (χ0) is 16.4. The number of anilines is 2. The fourth-order valence-electron chi connectivity index (χ4n) is 2.52. The van der Waals surface area contributed by atoms with E-state index in [2.05, 4.69) is 20.2 Å². The van der Waals surface area contributed by atoms with Gasteiger partial charge in [-0.2, -0.15) is 0 Å². The van der Waals surface area contributed by atoms with Crippen molar-refractivity contribution in [2.24, 2.45) is 0 Å². The molecule has 0 unspecified atom stereocenters. The number of benzene rings is 1. The maximum absolute atomic E-state index is 6.00. The highest BCUT2D eigenvalue weighted by Crippen LogP contribution is 2.21. The minimum Gasteiger partial charge on any atom is -0.355 e. The van der Waals surface area contributed by atoms with Crippen molar-refractivity contribution >= 4 is 40.6 Å². The summed E-state index contributed by atoms with van der Waals surface area (Å²) < 4.78 is 0. The topological polar surface area (TPSA) is 44.3 Å². The molecule has 0 saturated heterocycles. The molecule has 120 valence electrons. The summed E-state index contributed by atoms with van der Waals surface area (Å²) in [7, 11) is 3.93. The lowest BCUT2D eigenvalue weighted by atomic mass is 10.1. The van der Waals surface area contributed by atoms with Crippen LogP contribution in [-0.2, 0) is 13.0 Å². The van der Waals surface area contributed by atoms with Crippen molar-refractivity contribution in [1.29, 1.82) is 0 Å². The molecule has 5 nitrogen and oxygen atoms in total. The second kappa shape index (κ2) is 6.68. The Bertz CT molecular complexity index is 734. The van der Waals surface area contributed by atoms with Crippen molar-refractivity contribution in [3.8, 4) is 0 Å². The Morgan fingerprint density at radius 1 is 1.39 bits per heavy atom. The number of fused-ring (bicyclic) bond motifs is 1. The SMILES string of the molecule is CN(C)C(=S)N1CCc2nc(Nc3cccc(Cl)c3)ncc2C1. The van der Waals surface area contributed by atoms with E-state index in [9.17, 15) is 0 Å². The third kappa shape index (κ3) is 3.71. The Labute approximate surface area is 146 Å². The van der Waals surface area contributed by atoms with Crippen LogP contribution in [0, 0.1) is 0 Å². The summed E-state index contributed by atoms with van der Waals surface area (Å²) >= 11 is 11.4. The molecule has 1 aliphatic heterocycles. The van der Waals surface area contributed by atoms with Crippen LogP contribution >= 0.6 is 23.8 Å². The molecule has 1 aromatic carbocycles. The number of hydrogen-bond donors (Lipinski definition) is 1. The van der Waals surface area contributed by atoms with Crippen molar-refractivity contribution < 1.29 is 0 Å².